The summed E-state index contributed by atoms with van der Waals surface area (Å²) in [5.74, 6) is -0.403. The fourth-order valence-electron chi connectivity index (χ4n) is 2.79. The Hall–Kier alpha value is -2.10. The zero-order chi connectivity index (χ0) is 18.3. The zero-order valence-electron chi connectivity index (χ0n) is 14.0. The monoisotopic (exact) mass is 392 g/mol. The number of thiazole rings is 1. The van der Waals surface area contributed by atoms with Crippen molar-refractivity contribution in [3.8, 4) is 5.69 Å². The molecule has 0 saturated heterocycles. The molecule has 1 aliphatic carbocycles. The van der Waals surface area contributed by atoms with Gasteiger partial charge in [0, 0.05) is 17.8 Å². The van der Waals surface area contributed by atoms with Gasteiger partial charge < -0.3 is 0 Å². The standard InChI is InChI=1S/C17H17FN4O2S2/c1-11-9-20-22(10-11)15-5-4-13(8-14(15)18)26(23,24)21-16(12-2-3-12)17-19-6-7-25-17/h4-10,12,16,21H,2-3H2,1H3/t16-/m0/s1. The van der Waals surface area contributed by atoms with Crippen LogP contribution in [0.25, 0.3) is 5.69 Å². The Kier molecular flexibility index (Phi) is 4.37. The summed E-state index contributed by atoms with van der Waals surface area (Å²) in [4.78, 5) is 4.13. The van der Waals surface area contributed by atoms with Crippen molar-refractivity contribution in [2.45, 2.75) is 30.7 Å². The molecule has 0 aliphatic heterocycles. The highest BCUT2D eigenvalue weighted by Crippen LogP contribution is 2.42. The molecule has 0 bridgehead atoms. The summed E-state index contributed by atoms with van der Waals surface area (Å²) in [5.41, 5.74) is 1.09. The highest BCUT2D eigenvalue weighted by molar-refractivity contribution is 7.89. The number of sulfonamides is 1. The summed E-state index contributed by atoms with van der Waals surface area (Å²) in [6, 6.07) is 3.48. The maximum atomic E-state index is 14.5. The molecule has 26 heavy (non-hydrogen) atoms. The number of rotatable bonds is 6. The van der Waals surface area contributed by atoms with Crippen LogP contribution in [-0.2, 0) is 10.0 Å². The van der Waals surface area contributed by atoms with Gasteiger partial charge in [0.15, 0.2) is 0 Å². The van der Waals surface area contributed by atoms with Gasteiger partial charge >= 0.3 is 0 Å². The predicted molar refractivity (Wildman–Crippen MR) is 96.2 cm³/mol. The summed E-state index contributed by atoms with van der Waals surface area (Å²) in [7, 11) is -3.86. The number of benzene rings is 1. The van der Waals surface area contributed by atoms with Crippen molar-refractivity contribution in [1.82, 2.24) is 19.5 Å². The molecular formula is C17H17FN4O2S2. The molecule has 9 heteroatoms. The van der Waals surface area contributed by atoms with Gasteiger partial charge in [0.2, 0.25) is 10.0 Å². The molecule has 0 amide bonds. The normalized spacial score (nSPS) is 15.9. The second-order valence-electron chi connectivity index (χ2n) is 6.38. The minimum Gasteiger partial charge on any atom is -0.248 e. The van der Waals surface area contributed by atoms with Gasteiger partial charge in [-0.05, 0) is 49.4 Å². The minimum absolute atomic E-state index is 0.107. The fraction of sp³-hybridized carbons (Fsp3) is 0.294. The van der Waals surface area contributed by atoms with Crippen LogP contribution in [0.15, 0.2) is 47.1 Å². The number of aryl methyl sites for hydroxylation is 1. The lowest BCUT2D eigenvalue weighted by Crippen LogP contribution is -2.30. The molecule has 1 atom stereocenters. The van der Waals surface area contributed by atoms with E-state index in [2.05, 4.69) is 14.8 Å². The number of hydrogen-bond acceptors (Lipinski definition) is 5. The van der Waals surface area contributed by atoms with Gasteiger partial charge in [-0.2, -0.15) is 5.10 Å². The Morgan fingerprint density at radius 3 is 2.77 bits per heavy atom. The van der Waals surface area contributed by atoms with Gasteiger partial charge in [-0.15, -0.1) is 11.3 Å². The highest BCUT2D eigenvalue weighted by atomic mass is 32.2. The van der Waals surface area contributed by atoms with E-state index in [0.717, 1.165) is 29.5 Å². The van der Waals surface area contributed by atoms with Crippen LogP contribution in [-0.4, -0.2) is 23.2 Å². The van der Waals surface area contributed by atoms with Crippen molar-refractivity contribution < 1.29 is 12.8 Å². The number of nitrogens with one attached hydrogen (secondary N) is 1. The van der Waals surface area contributed by atoms with Crippen LogP contribution >= 0.6 is 11.3 Å². The molecule has 0 radical (unpaired) electrons. The Morgan fingerprint density at radius 1 is 1.38 bits per heavy atom. The number of nitrogens with zero attached hydrogens (tertiary/aromatic N) is 3. The Balaban J connectivity index is 1.62. The Labute approximate surface area is 154 Å². The predicted octanol–water partition coefficient (Wildman–Crippen LogP) is 3.21. The first-order valence-corrected chi connectivity index (χ1v) is 10.5. The van der Waals surface area contributed by atoms with E-state index in [0.29, 0.717) is 0 Å². The van der Waals surface area contributed by atoms with Crippen molar-refractivity contribution >= 4 is 21.4 Å². The molecule has 1 aromatic carbocycles. The van der Waals surface area contributed by atoms with E-state index in [1.807, 2.05) is 12.3 Å². The van der Waals surface area contributed by atoms with E-state index in [1.165, 1.54) is 28.2 Å². The van der Waals surface area contributed by atoms with Gasteiger partial charge in [0.05, 0.1) is 17.1 Å². The van der Waals surface area contributed by atoms with Crippen LogP contribution in [0.4, 0.5) is 4.39 Å². The molecule has 136 valence electrons. The Bertz CT molecular complexity index is 1030. The summed E-state index contributed by atoms with van der Waals surface area (Å²) in [5, 5.41) is 6.61. The zero-order valence-corrected chi connectivity index (χ0v) is 15.6. The van der Waals surface area contributed by atoms with E-state index in [-0.39, 0.29) is 22.5 Å². The molecule has 3 aromatic rings. The Morgan fingerprint density at radius 2 is 2.19 bits per heavy atom. The first-order valence-electron chi connectivity index (χ1n) is 8.17. The van der Waals surface area contributed by atoms with E-state index in [1.54, 1.807) is 18.6 Å². The second-order valence-corrected chi connectivity index (χ2v) is 9.02. The van der Waals surface area contributed by atoms with Gasteiger partial charge in [-0.1, -0.05) is 0 Å². The highest BCUT2D eigenvalue weighted by Gasteiger charge is 2.37. The summed E-state index contributed by atoms with van der Waals surface area (Å²) in [6.07, 6.45) is 6.86. The lowest BCUT2D eigenvalue weighted by atomic mass is 10.2. The average Bonchev–Trinajstić information content (AvgIpc) is 3.11. The smallest absolute Gasteiger partial charge is 0.241 e. The van der Waals surface area contributed by atoms with E-state index in [9.17, 15) is 12.8 Å². The van der Waals surface area contributed by atoms with Crippen molar-refractivity contribution in [1.29, 1.82) is 0 Å². The maximum Gasteiger partial charge on any atom is 0.241 e. The lowest BCUT2D eigenvalue weighted by molar-refractivity contribution is 0.526. The summed E-state index contributed by atoms with van der Waals surface area (Å²) in [6.45, 7) is 1.85. The molecule has 0 unspecified atom stereocenters. The van der Waals surface area contributed by atoms with Crippen LogP contribution < -0.4 is 4.72 Å². The third-order valence-corrected chi connectivity index (χ3v) is 6.58. The van der Waals surface area contributed by atoms with Gasteiger partial charge in [-0.25, -0.2) is 27.2 Å². The third-order valence-electron chi connectivity index (χ3n) is 4.28. The van der Waals surface area contributed by atoms with Crippen LogP contribution in [0.2, 0.25) is 0 Å². The molecule has 1 N–H and O–H groups in total. The maximum absolute atomic E-state index is 14.5. The van der Waals surface area contributed by atoms with Crippen molar-refractivity contribution in [2.24, 2.45) is 5.92 Å². The van der Waals surface area contributed by atoms with Gasteiger partial charge in [-0.3, -0.25) is 0 Å². The topological polar surface area (TPSA) is 76.9 Å². The van der Waals surface area contributed by atoms with E-state index < -0.39 is 15.8 Å². The molecule has 4 rings (SSSR count). The quantitative estimate of drug-likeness (QED) is 0.699. The first kappa shape index (κ1) is 17.3. The van der Waals surface area contributed by atoms with Crippen molar-refractivity contribution in [3.05, 3.63) is 58.6 Å². The van der Waals surface area contributed by atoms with Crippen LogP contribution in [0.3, 0.4) is 0 Å². The molecule has 6 nitrogen and oxygen atoms in total. The van der Waals surface area contributed by atoms with Crippen molar-refractivity contribution in [2.75, 3.05) is 0 Å². The van der Waals surface area contributed by atoms with E-state index in [4.69, 9.17) is 0 Å². The molecular weight excluding hydrogens is 375 g/mol. The fourth-order valence-corrected chi connectivity index (χ4v) is 4.92. The van der Waals surface area contributed by atoms with Crippen LogP contribution in [0.1, 0.15) is 29.5 Å². The second kappa shape index (κ2) is 6.57. The number of hydrogen-bond donors (Lipinski definition) is 1. The van der Waals surface area contributed by atoms with Gasteiger partial charge in [0.25, 0.3) is 0 Å². The van der Waals surface area contributed by atoms with Gasteiger partial charge in [0.1, 0.15) is 16.5 Å². The average molecular weight is 392 g/mol. The largest absolute Gasteiger partial charge is 0.248 e. The third kappa shape index (κ3) is 3.42. The minimum atomic E-state index is -3.86. The van der Waals surface area contributed by atoms with Crippen LogP contribution in [0.5, 0.6) is 0 Å². The molecule has 1 aliphatic rings. The number of halogens is 1. The SMILES string of the molecule is Cc1cnn(-c2ccc(S(=O)(=O)N[C@H](c3nccs3)C3CC3)cc2F)c1. The summed E-state index contributed by atoms with van der Waals surface area (Å²) >= 11 is 1.42. The molecule has 2 heterocycles. The van der Waals surface area contributed by atoms with E-state index >= 15 is 0 Å². The lowest BCUT2D eigenvalue weighted by Gasteiger charge is -2.16. The van der Waals surface area contributed by atoms with Crippen LogP contribution in [0, 0.1) is 18.7 Å². The molecule has 2 aromatic heterocycles. The summed E-state index contributed by atoms with van der Waals surface area (Å²) < 4.78 is 44.1. The molecule has 1 saturated carbocycles. The number of aromatic nitrogens is 3. The van der Waals surface area contributed by atoms with Crippen molar-refractivity contribution in [3.63, 3.8) is 0 Å². The molecule has 0 spiro atoms. The molecule has 1 fully saturated rings. The first-order chi connectivity index (χ1) is 12.4.